The van der Waals surface area contributed by atoms with E-state index in [9.17, 15) is 9.18 Å². The number of amides is 1. The van der Waals surface area contributed by atoms with Crippen molar-refractivity contribution in [2.45, 2.75) is 25.8 Å². The summed E-state index contributed by atoms with van der Waals surface area (Å²) in [7, 11) is 0. The summed E-state index contributed by atoms with van der Waals surface area (Å²) in [4.78, 5) is 15.4. The number of aromatic nitrogens is 1. The van der Waals surface area contributed by atoms with Gasteiger partial charge in [0, 0.05) is 24.3 Å². The van der Waals surface area contributed by atoms with Crippen LogP contribution in [0.5, 0.6) is 0 Å². The lowest BCUT2D eigenvalue weighted by Gasteiger charge is -2.20. The molecule has 1 aromatic heterocycles. The van der Waals surface area contributed by atoms with Crippen LogP contribution in [0.25, 0.3) is 0 Å². The molecule has 0 unspecified atom stereocenters. The third kappa shape index (κ3) is 3.14. The summed E-state index contributed by atoms with van der Waals surface area (Å²) in [6.07, 6.45) is 1.36. The van der Waals surface area contributed by atoms with E-state index in [1.54, 1.807) is 13.8 Å². The molecule has 0 bridgehead atoms. The first-order valence-electron chi connectivity index (χ1n) is 5.32. The van der Waals surface area contributed by atoms with Gasteiger partial charge < -0.3 is 11.1 Å². The van der Waals surface area contributed by atoms with Gasteiger partial charge in [-0.15, -0.1) is 0 Å². The number of hydrogen-bond donors (Lipinski definition) is 2. The summed E-state index contributed by atoms with van der Waals surface area (Å²) in [6, 6.07) is 0.902. The van der Waals surface area contributed by atoms with Crippen LogP contribution in [0.2, 0.25) is 5.15 Å². The molecule has 0 spiro atoms. The van der Waals surface area contributed by atoms with Gasteiger partial charge in [-0.2, -0.15) is 0 Å². The molecule has 0 aromatic carbocycles. The summed E-state index contributed by atoms with van der Waals surface area (Å²) in [5.41, 5.74) is 5.90. The second kappa shape index (κ2) is 5.93. The zero-order valence-corrected chi connectivity index (χ0v) is 10.5. The Morgan fingerprint density at radius 2 is 2.35 bits per heavy atom. The number of nitrogens with one attached hydrogen (secondary N) is 1. The minimum Gasteiger partial charge on any atom is -0.356 e. The first-order valence-corrected chi connectivity index (χ1v) is 5.70. The van der Waals surface area contributed by atoms with E-state index >= 15 is 0 Å². The standard InChI is InChI=1S/C11H15ClFN3O/c1-3-15-11(17)8(6(2)14)7-4-5-16-10(12)9(7)13/h4-6,8H,3,14H2,1-2H3,(H,15,17)/t6-,8+/m0/s1. The molecule has 0 aliphatic rings. The van der Waals surface area contributed by atoms with Crippen molar-refractivity contribution in [3.8, 4) is 0 Å². The lowest BCUT2D eigenvalue weighted by molar-refractivity contribution is -0.122. The van der Waals surface area contributed by atoms with Crippen LogP contribution in [0.1, 0.15) is 25.3 Å². The largest absolute Gasteiger partial charge is 0.356 e. The Kier molecular flexibility index (Phi) is 4.84. The van der Waals surface area contributed by atoms with Crippen LogP contribution in [-0.2, 0) is 4.79 Å². The average Bonchev–Trinajstić information content (AvgIpc) is 2.24. The van der Waals surface area contributed by atoms with Crippen LogP contribution in [-0.4, -0.2) is 23.5 Å². The van der Waals surface area contributed by atoms with E-state index in [-0.39, 0.29) is 16.6 Å². The van der Waals surface area contributed by atoms with Crippen molar-refractivity contribution in [3.63, 3.8) is 0 Å². The molecule has 0 saturated heterocycles. The van der Waals surface area contributed by atoms with Crippen LogP contribution in [0.15, 0.2) is 12.3 Å². The molecule has 1 amide bonds. The van der Waals surface area contributed by atoms with E-state index in [1.807, 2.05) is 0 Å². The molecule has 3 N–H and O–H groups in total. The maximum Gasteiger partial charge on any atom is 0.229 e. The van der Waals surface area contributed by atoms with Gasteiger partial charge in [0.05, 0.1) is 5.92 Å². The van der Waals surface area contributed by atoms with Gasteiger partial charge in [0.2, 0.25) is 5.91 Å². The zero-order valence-electron chi connectivity index (χ0n) is 9.71. The Bertz CT molecular complexity index is 412. The fourth-order valence-corrected chi connectivity index (χ4v) is 1.79. The predicted molar refractivity (Wildman–Crippen MR) is 64.3 cm³/mol. The fourth-order valence-electron chi connectivity index (χ4n) is 1.62. The summed E-state index contributed by atoms with van der Waals surface area (Å²) in [6.45, 7) is 3.89. The number of halogens is 2. The number of rotatable bonds is 4. The molecule has 1 aromatic rings. The van der Waals surface area contributed by atoms with E-state index in [0.29, 0.717) is 6.54 Å². The van der Waals surface area contributed by atoms with Gasteiger partial charge >= 0.3 is 0 Å². The Hall–Kier alpha value is -1.20. The van der Waals surface area contributed by atoms with Crippen molar-refractivity contribution < 1.29 is 9.18 Å². The lowest BCUT2D eigenvalue weighted by atomic mass is 9.92. The van der Waals surface area contributed by atoms with Crippen molar-refractivity contribution in [2.75, 3.05) is 6.54 Å². The fraction of sp³-hybridized carbons (Fsp3) is 0.455. The number of likely N-dealkylation sites (N-methyl/N-ethyl adjacent to an activating group) is 1. The Morgan fingerprint density at radius 1 is 1.71 bits per heavy atom. The molecule has 2 atom stereocenters. The average molecular weight is 260 g/mol. The van der Waals surface area contributed by atoms with Gasteiger partial charge in [-0.05, 0) is 19.9 Å². The molecule has 17 heavy (non-hydrogen) atoms. The van der Waals surface area contributed by atoms with Crippen molar-refractivity contribution in [1.29, 1.82) is 0 Å². The number of carbonyl (C=O) groups excluding carboxylic acids is 1. The molecular weight excluding hydrogens is 245 g/mol. The maximum absolute atomic E-state index is 13.8. The van der Waals surface area contributed by atoms with Crippen LogP contribution in [0.3, 0.4) is 0 Å². The Labute approximate surface area is 104 Å². The monoisotopic (exact) mass is 259 g/mol. The topological polar surface area (TPSA) is 68.0 Å². The Balaban J connectivity index is 3.14. The first-order chi connectivity index (χ1) is 7.99. The highest BCUT2D eigenvalue weighted by atomic mass is 35.5. The number of pyridine rings is 1. The van der Waals surface area contributed by atoms with Gasteiger partial charge in [-0.1, -0.05) is 11.6 Å². The van der Waals surface area contributed by atoms with Gasteiger partial charge in [0.25, 0.3) is 0 Å². The molecule has 94 valence electrons. The van der Waals surface area contributed by atoms with E-state index in [1.165, 1.54) is 12.3 Å². The lowest BCUT2D eigenvalue weighted by Crippen LogP contribution is -2.39. The highest BCUT2D eigenvalue weighted by molar-refractivity contribution is 6.29. The molecule has 0 saturated carbocycles. The molecular formula is C11H15ClFN3O. The van der Waals surface area contributed by atoms with Crippen molar-refractivity contribution >= 4 is 17.5 Å². The number of nitrogens with two attached hydrogens (primary N) is 1. The molecule has 0 aliphatic heterocycles. The summed E-state index contributed by atoms with van der Waals surface area (Å²) in [5.74, 6) is -1.78. The quantitative estimate of drug-likeness (QED) is 0.804. The van der Waals surface area contributed by atoms with Gasteiger partial charge in [0.15, 0.2) is 11.0 Å². The normalized spacial score (nSPS) is 14.2. The van der Waals surface area contributed by atoms with E-state index in [2.05, 4.69) is 10.3 Å². The van der Waals surface area contributed by atoms with Gasteiger partial charge in [-0.3, -0.25) is 4.79 Å². The third-order valence-electron chi connectivity index (χ3n) is 2.37. The number of hydrogen-bond acceptors (Lipinski definition) is 3. The molecule has 0 radical (unpaired) electrons. The van der Waals surface area contributed by atoms with Crippen molar-refractivity contribution in [3.05, 3.63) is 28.8 Å². The van der Waals surface area contributed by atoms with Crippen molar-refractivity contribution in [2.24, 2.45) is 5.73 Å². The molecule has 0 fully saturated rings. The summed E-state index contributed by atoms with van der Waals surface area (Å²) in [5, 5.41) is 2.37. The predicted octanol–water partition coefficient (Wildman–Crippen LogP) is 1.44. The van der Waals surface area contributed by atoms with Crippen molar-refractivity contribution in [1.82, 2.24) is 10.3 Å². The highest BCUT2D eigenvalue weighted by Crippen LogP contribution is 2.25. The zero-order chi connectivity index (χ0) is 13.0. The smallest absolute Gasteiger partial charge is 0.229 e. The van der Waals surface area contributed by atoms with Crippen LogP contribution < -0.4 is 11.1 Å². The van der Waals surface area contributed by atoms with Gasteiger partial charge in [-0.25, -0.2) is 9.37 Å². The van der Waals surface area contributed by atoms with Crippen LogP contribution in [0, 0.1) is 5.82 Å². The van der Waals surface area contributed by atoms with E-state index < -0.39 is 17.8 Å². The van der Waals surface area contributed by atoms with E-state index in [4.69, 9.17) is 17.3 Å². The van der Waals surface area contributed by atoms with E-state index in [0.717, 1.165) is 0 Å². The molecule has 1 heterocycles. The van der Waals surface area contributed by atoms with Crippen LogP contribution in [0.4, 0.5) is 4.39 Å². The van der Waals surface area contributed by atoms with Crippen LogP contribution >= 0.6 is 11.6 Å². The summed E-state index contributed by atoms with van der Waals surface area (Å²) < 4.78 is 13.8. The second-order valence-corrected chi connectivity index (χ2v) is 4.09. The first kappa shape index (κ1) is 13.9. The number of carbonyl (C=O) groups is 1. The second-order valence-electron chi connectivity index (χ2n) is 3.74. The SMILES string of the molecule is CCNC(=O)[C@@H](c1ccnc(Cl)c1F)[C@H](C)N. The minimum absolute atomic E-state index is 0.172. The molecule has 0 aliphatic carbocycles. The Morgan fingerprint density at radius 3 is 2.88 bits per heavy atom. The van der Waals surface area contributed by atoms with Gasteiger partial charge in [0.1, 0.15) is 0 Å². The molecule has 4 nitrogen and oxygen atoms in total. The highest BCUT2D eigenvalue weighted by Gasteiger charge is 2.28. The molecule has 1 rings (SSSR count). The maximum atomic E-state index is 13.8. The number of nitrogens with zero attached hydrogens (tertiary/aromatic N) is 1. The summed E-state index contributed by atoms with van der Waals surface area (Å²) >= 11 is 5.59. The molecule has 6 heteroatoms. The minimum atomic E-state index is -0.768. The third-order valence-corrected chi connectivity index (χ3v) is 2.63.